The van der Waals surface area contributed by atoms with Crippen molar-refractivity contribution in [1.29, 1.82) is 0 Å². The molecule has 0 bridgehead atoms. The Kier molecular flexibility index (Phi) is 5.27. The first-order valence-electron chi connectivity index (χ1n) is 3.65. The van der Waals surface area contributed by atoms with Gasteiger partial charge < -0.3 is 9.26 Å². The van der Waals surface area contributed by atoms with Gasteiger partial charge >= 0.3 is 19.7 Å². The topological polar surface area (TPSA) is 61.8 Å². The summed E-state index contributed by atoms with van der Waals surface area (Å²) in [5.74, 6) is -0.970. The third-order valence-electron chi connectivity index (χ3n) is 1.25. The van der Waals surface area contributed by atoms with Gasteiger partial charge in [0.25, 0.3) is 0 Å². The number of halogens is 3. The number of alkyl halides is 3. The molecule has 1 unspecified atom stereocenters. The lowest BCUT2D eigenvalue weighted by molar-refractivity contribution is -0.155. The highest BCUT2D eigenvalue weighted by Gasteiger charge is 2.35. The van der Waals surface area contributed by atoms with Gasteiger partial charge in [-0.1, -0.05) is 0 Å². The zero-order valence-corrected chi connectivity index (χ0v) is 8.93. The Morgan fingerprint density at radius 3 is 2.20 bits per heavy atom. The molecule has 0 aromatic rings. The molecule has 0 saturated carbocycles. The predicted molar refractivity (Wildman–Crippen MR) is 43.5 cm³/mol. The van der Waals surface area contributed by atoms with Crippen molar-refractivity contribution in [2.45, 2.75) is 6.18 Å². The second kappa shape index (κ2) is 5.48. The molecule has 0 radical (unpaired) electrons. The van der Waals surface area contributed by atoms with E-state index in [1.54, 1.807) is 0 Å². The third kappa shape index (κ3) is 6.48. The van der Waals surface area contributed by atoms with Gasteiger partial charge in [0.1, 0.15) is 6.16 Å². The molecule has 15 heavy (non-hydrogen) atoms. The molecule has 0 aromatic heterocycles. The predicted octanol–water partition coefficient (Wildman–Crippen LogP) is 1.58. The van der Waals surface area contributed by atoms with E-state index in [0.717, 1.165) is 14.2 Å². The van der Waals surface area contributed by atoms with Crippen LogP contribution >= 0.6 is 7.60 Å². The van der Waals surface area contributed by atoms with Crippen molar-refractivity contribution < 1.29 is 36.3 Å². The fourth-order valence-corrected chi connectivity index (χ4v) is 1.67. The number of carbonyl (C=O) groups excluding carboxylic acids is 1. The summed E-state index contributed by atoms with van der Waals surface area (Å²) in [6.45, 7) is -1.74. The summed E-state index contributed by atoms with van der Waals surface area (Å²) in [5, 5.41) is 0. The average molecular weight is 250 g/mol. The highest BCUT2D eigenvalue weighted by molar-refractivity contribution is 7.54. The van der Waals surface area contributed by atoms with E-state index in [1.165, 1.54) is 0 Å². The third-order valence-corrected chi connectivity index (χ3v) is 2.98. The number of esters is 1. The van der Waals surface area contributed by atoms with Gasteiger partial charge in [-0.15, -0.1) is 0 Å². The van der Waals surface area contributed by atoms with Crippen molar-refractivity contribution in [1.82, 2.24) is 0 Å². The fourth-order valence-electron chi connectivity index (χ4n) is 0.557. The molecule has 0 aromatic carbocycles. The van der Waals surface area contributed by atoms with E-state index in [1.807, 2.05) is 0 Å². The van der Waals surface area contributed by atoms with Crippen molar-refractivity contribution >= 4 is 13.6 Å². The number of rotatable bonds is 5. The van der Waals surface area contributed by atoms with Crippen LogP contribution in [0.3, 0.4) is 0 Å². The molecule has 0 heterocycles. The SMILES string of the molecule is COC(=O)CP(=O)(OC)OCC(F)(F)F. The van der Waals surface area contributed by atoms with Crippen LogP contribution < -0.4 is 0 Å². The number of ether oxygens (including phenoxy) is 1. The zero-order valence-electron chi connectivity index (χ0n) is 8.04. The van der Waals surface area contributed by atoms with Gasteiger partial charge in [0.15, 0.2) is 6.61 Å². The molecular weight excluding hydrogens is 240 g/mol. The van der Waals surface area contributed by atoms with Crippen LogP contribution in [0.2, 0.25) is 0 Å². The minimum absolute atomic E-state index is 0.851. The molecule has 0 N–H and O–H groups in total. The van der Waals surface area contributed by atoms with Crippen molar-refractivity contribution in [2.24, 2.45) is 0 Å². The standard InChI is InChI=1S/C6H10F3O5P/c1-12-5(10)3-15(11,13-2)14-4-6(7,8)9/h3-4H2,1-2H3. The smallest absolute Gasteiger partial charge is 0.412 e. The minimum Gasteiger partial charge on any atom is -0.469 e. The lowest BCUT2D eigenvalue weighted by Gasteiger charge is -2.16. The second-order valence-corrected chi connectivity index (χ2v) is 4.58. The molecule has 90 valence electrons. The van der Waals surface area contributed by atoms with E-state index in [-0.39, 0.29) is 0 Å². The Bertz CT molecular complexity index is 264. The molecular formula is C6H10F3O5P. The van der Waals surface area contributed by atoms with Crippen molar-refractivity contribution in [3.63, 3.8) is 0 Å². The molecule has 0 amide bonds. The molecule has 0 fully saturated rings. The molecule has 0 rings (SSSR count). The van der Waals surface area contributed by atoms with Crippen LogP contribution in [0.4, 0.5) is 13.2 Å². The van der Waals surface area contributed by atoms with Gasteiger partial charge in [-0.2, -0.15) is 13.2 Å². The van der Waals surface area contributed by atoms with Gasteiger partial charge in [-0.05, 0) is 0 Å². The largest absolute Gasteiger partial charge is 0.469 e. The summed E-state index contributed by atoms with van der Waals surface area (Å²) in [4.78, 5) is 10.7. The second-order valence-electron chi connectivity index (χ2n) is 2.42. The highest BCUT2D eigenvalue weighted by Crippen LogP contribution is 2.48. The normalized spacial score (nSPS) is 15.8. The number of carbonyl (C=O) groups is 1. The maximum absolute atomic E-state index is 11.7. The molecule has 1 atom stereocenters. The number of hydrogen-bond acceptors (Lipinski definition) is 5. The molecule has 0 aliphatic carbocycles. The highest BCUT2D eigenvalue weighted by atomic mass is 31.2. The van der Waals surface area contributed by atoms with Crippen LogP contribution in [0.5, 0.6) is 0 Å². The summed E-state index contributed by atoms with van der Waals surface area (Å²) >= 11 is 0. The van der Waals surface area contributed by atoms with Gasteiger partial charge in [-0.3, -0.25) is 13.9 Å². The summed E-state index contributed by atoms with van der Waals surface area (Å²) in [6.07, 6.45) is -5.49. The lowest BCUT2D eigenvalue weighted by atomic mass is 10.7. The van der Waals surface area contributed by atoms with E-state index in [4.69, 9.17) is 0 Å². The van der Waals surface area contributed by atoms with Gasteiger partial charge in [-0.25, -0.2) is 0 Å². The van der Waals surface area contributed by atoms with Gasteiger partial charge in [0.2, 0.25) is 0 Å². The first-order valence-corrected chi connectivity index (χ1v) is 5.38. The summed E-state index contributed by atoms with van der Waals surface area (Å²) < 4.78 is 58.9. The Balaban J connectivity index is 4.32. The van der Waals surface area contributed by atoms with Crippen LogP contribution in [-0.2, 0) is 23.1 Å². The van der Waals surface area contributed by atoms with Crippen molar-refractivity contribution in [3.05, 3.63) is 0 Å². The van der Waals surface area contributed by atoms with E-state index < -0.39 is 32.5 Å². The van der Waals surface area contributed by atoms with E-state index in [9.17, 15) is 22.5 Å². The monoisotopic (exact) mass is 250 g/mol. The molecule has 9 heteroatoms. The minimum atomic E-state index is -4.63. The fraction of sp³-hybridized carbons (Fsp3) is 0.833. The molecule has 0 aliphatic heterocycles. The van der Waals surface area contributed by atoms with E-state index in [0.29, 0.717) is 0 Å². The Morgan fingerprint density at radius 2 is 1.87 bits per heavy atom. The quantitative estimate of drug-likeness (QED) is 0.547. The Labute approximate surface area is 84.0 Å². The Morgan fingerprint density at radius 1 is 1.33 bits per heavy atom. The van der Waals surface area contributed by atoms with Gasteiger partial charge in [0, 0.05) is 7.11 Å². The van der Waals surface area contributed by atoms with Crippen molar-refractivity contribution in [2.75, 3.05) is 27.0 Å². The van der Waals surface area contributed by atoms with Crippen LogP contribution in [0, 0.1) is 0 Å². The first kappa shape index (κ1) is 14.4. The number of hydrogen-bond donors (Lipinski definition) is 0. The summed E-state index contributed by atoms with van der Waals surface area (Å²) in [5.41, 5.74) is 0. The van der Waals surface area contributed by atoms with Gasteiger partial charge in [0.05, 0.1) is 7.11 Å². The van der Waals surface area contributed by atoms with Crippen LogP contribution in [0.25, 0.3) is 0 Å². The maximum Gasteiger partial charge on any atom is 0.412 e. The zero-order chi connectivity index (χ0) is 12.1. The summed E-state index contributed by atoms with van der Waals surface area (Å²) in [6, 6.07) is 0. The number of methoxy groups -OCH3 is 1. The molecule has 0 spiro atoms. The maximum atomic E-state index is 11.7. The molecule has 5 nitrogen and oxygen atoms in total. The Hall–Kier alpha value is -0.590. The van der Waals surface area contributed by atoms with Crippen LogP contribution in [0.1, 0.15) is 0 Å². The van der Waals surface area contributed by atoms with Crippen LogP contribution in [-0.4, -0.2) is 39.1 Å². The van der Waals surface area contributed by atoms with E-state index in [2.05, 4.69) is 13.8 Å². The molecule has 0 aliphatic rings. The van der Waals surface area contributed by atoms with E-state index >= 15 is 0 Å². The first-order chi connectivity index (χ1) is 6.72. The lowest BCUT2D eigenvalue weighted by Crippen LogP contribution is -2.18. The van der Waals surface area contributed by atoms with Crippen molar-refractivity contribution in [3.8, 4) is 0 Å². The average Bonchev–Trinajstić information content (AvgIpc) is 2.14. The summed E-state index contributed by atoms with van der Waals surface area (Å²) in [7, 11) is -2.17. The molecule has 0 saturated heterocycles. The van der Waals surface area contributed by atoms with Crippen LogP contribution in [0.15, 0.2) is 0 Å².